The van der Waals surface area contributed by atoms with Crippen LogP contribution in [0.5, 0.6) is 0 Å². The zero-order chi connectivity index (χ0) is 18.4. The number of thiophene rings is 1. The maximum atomic E-state index is 12.4. The van der Waals surface area contributed by atoms with Crippen molar-refractivity contribution >= 4 is 33.1 Å². The van der Waals surface area contributed by atoms with Crippen molar-refractivity contribution in [2.24, 2.45) is 5.92 Å². The van der Waals surface area contributed by atoms with Crippen LogP contribution in [0.4, 0.5) is 0 Å². The topological polar surface area (TPSA) is 75.4 Å². The first-order valence-electron chi connectivity index (χ1n) is 9.04. The molecule has 8 heteroatoms. The number of rotatable bonds is 4. The number of hydrogen-bond acceptors (Lipinski definition) is 6. The van der Waals surface area contributed by atoms with Crippen molar-refractivity contribution in [3.63, 3.8) is 0 Å². The van der Waals surface area contributed by atoms with Crippen molar-refractivity contribution < 1.29 is 4.79 Å². The Morgan fingerprint density at radius 3 is 2.96 bits per heavy atom. The molecular weight excluding hydrogens is 348 g/mol. The van der Waals surface area contributed by atoms with E-state index in [0.29, 0.717) is 12.5 Å². The van der Waals surface area contributed by atoms with Gasteiger partial charge in [-0.15, -0.1) is 16.4 Å². The average molecular weight is 372 g/mol. The van der Waals surface area contributed by atoms with Crippen LogP contribution < -0.4 is 5.32 Å². The van der Waals surface area contributed by atoms with Crippen LogP contribution in [0.2, 0.25) is 0 Å². The van der Waals surface area contributed by atoms with Crippen molar-refractivity contribution in [1.29, 1.82) is 0 Å². The molecule has 3 aromatic heterocycles. The summed E-state index contributed by atoms with van der Waals surface area (Å²) in [7, 11) is 3.95. The molecule has 1 atom stereocenters. The van der Waals surface area contributed by atoms with Crippen LogP contribution in [0.15, 0.2) is 0 Å². The van der Waals surface area contributed by atoms with Crippen molar-refractivity contribution in [2.45, 2.75) is 33.1 Å². The molecule has 0 saturated carbocycles. The van der Waals surface area contributed by atoms with Crippen LogP contribution in [0, 0.1) is 12.8 Å². The normalized spacial score (nSPS) is 17.2. The summed E-state index contributed by atoms with van der Waals surface area (Å²) in [5, 5.41) is 8.40. The summed E-state index contributed by atoms with van der Waals surface area (Å²) in [6.45, 7) is 5.55. The number of amides is 1. The van der Waals surface area contributed by atoms with E-state index in [9.17, 15) is 4.79 Å². The molecule has 0 aromatic carbocycles. The van der Waals surface area contributed by atoms with Gasteiger partial charge in [0.2, 0.25) is 5.82 Å². The molecule has 3 aromatic rings. The van der Waals surface area contributed by atoms with Crippen molar-refractivity contribution in [3.8, 4) is 0 Å². The van der Waals surface area contributed by atoms with E-state index in [0.717, 1.165) is 41.1 Å². The summed E-state index contributed by atoms with van der Waals surface area (Å²) in [6, 6.07) is 0. The molecule has 1 N–H and O–H groups in total. The van der Waals surface area contributed by atoms with E-state index in [4.69, 9.17) is 4.98 Å². The van der Waals surface area contributed by atoms with Gasteiger partial charge in [-0.1, -0.05) is 6.92 Å². The lowest BCUT2D eigenvalue weighted by molar-refractivity contribution is 0.0941. The molecule has 26 heavy (non-hydrogen) atoms. The Labute approximate surface area is 156 Å². The molecule has 1 aliphatic carbocycles. The molecule has 1 aliphatic rings. The molecule has 0 saturated heterocycles. The minimum absolute atomic E-state index is 0.213. The lowest BCUT2D eigenvalue weighted by Gasteiger charge is -2.17. The van der Waals surface area contributed by atoms with Gasteiger partial charge in [-0.3, -0.25) is 4.79 Å². The standard InChI is InChI=1S/C18H24N6OS/c1-10-5-6-13-12(9-10)14-16-21-15(17(25)19-7-8-23(3)4)22-24(16)11(2)20-18(14)26-13/h10H,5-9H2,1-4H3,(H,19,25)/t10-/m1/s1. The molecule has 0 bridgehead atoms. The van der Waals surface area contributed by atoms with E-state index in [1.54, 1.807) is 15.9 Å². The maximum Gasteiger partial charge on any atom is 0.291 e. The smallest absolute Gasteiger partial charge is 0.291 e. The van der Waals surface area contributed by atoms with Gasteiger partial charge in [0.15, 0.2) is 5.65 Å². The van der Waals surface area contributed by atoms with Crippen LogP contribution in [0.3, 0.4) is 0 Å². The lowest BCUT2D eigenvalue weighted by atomic mass is 9.89. The summed E-state index contributed by atoms with van der Waals surface area (Å²) < 4.78 is 1.72. The number of nitrogens with one attached hydrogen (secondary N) is 1. The molecule has 138 valence electrons. The molecule has 0 fully saturated rings. The number of nitrogens with zero attached hydrogens (tertiary/aromatic N) is 5. The zero-order valence-corrected chi connectivity index (χ0v) is 16.5. The summed E-state index contributed by atoms with van der Waals surface area (Å²) >= 11 is 1.77. The highest BCUT2D eigenvalue weighted by Gasteiger charge is 2.25. The zero-order valence-electron chi connectivity index (χ0n) is 15.7. The number of carbonyl (C=O) groups excluding carboxylic acids is 1. The monoisotopic (exact) mass is 372 g/mol. The highest BCUT2D eigenvalue weighted by molar-refractivity contribution is 7.19. The molecule has 0 unspecified atom stereocenters. The fourth-order valence-electron chi connectivity index (χ4n) is 3.52. The molecular formula is C18H24N6OS. The van der Waals surface area contributed by atoms with Crippen LogP contribution in [-0.2, 0) is 12.8 Å². The SMILES string of the molecule is Cc1nc2sc3c(c2c2nc(C(=O)NCCN(C)C)nn12)C[C@H](C)CC3. The largest absolute Gasteiger partial charge is 0.348 e. The van der Waals surface area contributed by atoms with Gasteiger partial charge >= 0.3 is 0 Å². The van der Waals surface area contributed by atoms with Gasteiger partial charge in [-0.25, -0.2) is 9.97 Å². The van der Waals surface area contributed by atoms with Gasteiger partial charge in [0.25, 0.3) is 5.91 Å². The van der Waals surface area contributed by atoms with Gasteiger partial charge in [0.1, 0.15) is 10.7 Å². The van der Waals surface area contributed by atoms with Gasteiger partial charge < -0.3 is 10.2 Å². The van der Waals surface area contributed by atoms with E-state index in [1.165, 1.54) is 16.9 Å². The number of carbonyl (C=O) groups is 1. The summed E-state index contributed by atoms with van der Waals surface area (Å²) in [5.74, 6) is 1.41. The van der Waals surface area contributed by atoms with Gasteiger partial charge in [0, 0.05) is 18.0 Å². The van der Waals surface area contributed by atoms with Crippen molar-refractivity contribution in [3.05, 3.63) is 22.1 Å². The molecule has 4 rings (SSSR count). The number of fused-ring (bicyclic) bond motifs is 5. The Morgan fingerprint density at radius 1 is 1.38 bits per heavy atom. The van der Waals surface area contributed by atoms with Gasteiger partial charge in [0.05, 0.1) is 5.39 Å². The fourth-order valence-corrected chi connectivity index (χ4v) is 4.77. The van der Waals surface area contributed by atoms with Gasteiger partial charge in [-0.2, -0.15) is 4.52 Å². The first-order valence-corrected chi connectivity index (χ1v) is 9.86. The number of hydrogen-bond donors (Lipinski definition) is 1. The first kappa shape index (κ1) is 17.4. The third-order valence-corrected chi connectivity index (χ3v) is 6.12. The van der Waals surface area contributed by atoms with Crippen molar-refractivity contribution in [1.82, 2.24) is 29.8 Å². The molecule has 0 spiro atoms. The van der Waals surface area contributed by atoms with Gasteiger partial charge in [-0.05, 0) is 51.8 Å². The Hall–Kier alpha value is -2.06. The van der Waals surface area contributed by atoms with Crippen molar-refractivity contribution in [2.75, 3.05) is 27.2 Å². The second kappa shape index (κ2) is 6.59. The number of aromatic nitrogens is 4. The van der Waals surface area contributed by atoms with Crippen LogP contribution in [-0.4, -0.2) is 57.6 Å². The van der Waals surface area contributed by atoms with E-state index >= 15 is 0 Å². The third-order valence-electron chi connectivity index (χ3n) is 4.94. The summed E-state index contributed by atoms with van der Waals surface area (Å²) in [6.07, 6.45) is 3.38. The van der Waals surface area contributed by atoms with E-state index in [2.05, 4.69) is 22.3 Å². The Balaban J connectivity index is 1.77. The minimum Gasteiger partial charge on any atom is -0.348 e. The average Bonchev–Trinajstić information content (AvgIpc) is 3.15. The highest BCUT2D eigenvalue weighted by Crippen LogP contribution is 2.38. The van der Waals surface area contributed by atoms with Crippen LogP contribution >= 0.6 is 11.3 Å². The predicted octanol–water partition coefficient (Wildman–Crippen LogP) is 2.06. The quantitative estimate of drug-likeness (QED) is 0.759. The predicted molar refractivity (Wildman–Crippen MR) is 103 cm³/mol. The number of aryl methyl sites for hydroxylation is 2. The Morgan fingerprint density at radius 2 is 2.19 bits per heavy atom. The maximum absolute atomic E-state index is 12.4. The second-order valence-corrected chi connectivity index (χ2v) is 8.50. The van der Waals surface area contributed by atoms with E-state index in [-0.39, 0.29) is 11.7 Å². The second-order valence-electron chi connectivity index (χ2n) is 7.42. The third kappa shape index (κ3) is 2.97. The van der Waals surface area contributed by atoms with E-state index < -0.39 is 0 Å². The van der Waals surface area contributed by atoms with Crippen LogP contribution in [0.25, 0.3) is 15.9 Å². The first-order chi connectivity index (χ1) is 12.4. The lowest BCUT2D eigenvalue weighted by Crippen LogP contribution is -2.32. The summed E-state index contributed by atoms with van der Waals surface area (Å²) in [4.78, 5) is 26.2. The molecule has 1 amide bonds. The number of likely N-dealkylation sites (N-methyl/N-ethyl adjacent to an activating group) is 1. The van der Waals surface area contributed by atoms with Crippen LogP contribution in [0.1, 0.15) is 40.2 Å². The molecule has 3 heterocycles. The minimum atomic E-state index is -0.236. The summed E-state index contributed by atoms with van der Waals surface area (Å²) in [5.41, 5.74) is 2.12. The molecule has 0 radical (unpaired) electrons. The Bertz CT molecular complexity index is 989. The van der Waals surface area contributed by atoms with E-state index in [1.807, 2.05) is 25.9 Å². The molecule has 0 aliphatic heterocycles. The fraction of sp³-hybridized carbons (Fsp3) is 0.556. The molecule has 7 nitrogen and oxygen atoms in total. The highest BCUT2D eigenvalue weighted by atomic mass is 32.1. The Kier molecular flexibility index (Phi) is 4.40.